The average Bonchev–Trinajstić information content (AvgIpc) is 1.87. The van der Waals surface area contributed by atoms with Gasteiger partial charge in [-0.3, -0.25) is 0 Å². The van der Waals surface area contributed by atoms with Gasteiger partial charge < -0.3 is 10.5 Å². The van der Waals surface area contributed by atoms with Crippen molar-refractivity contribution in [2.24, 2.45) is 5.73 Å². The molecule has 0 radical (unpaired) electrons. The Kier molecular flexibility index (Phi) is 3.95. The van der Waals surface area contributed by atoms with Crippen LogP contribution in [0.15, 0.2) is 10.6 Å². The molecule has 0 unspecified atom stereocenters. The zero-order valence-electron chi connectivity index (χ0n) is 6.05. The Balaban J connectivity index is 4.09. The van der Waals surface area contributed by atoms with Crippen LogP contribution in [-0.2, 0) is 9.53 Å². The Hall–Kier alpha value is -0.640. The second-order valence-electron chi connectivity index (χ2n) is 1.75. The van der Waals surface area contributed by atoms with Gasteiger partial charge in [0.25, 0.3) is 0 Å². The fourth-order valence-electron chi connectivity index (χ4n) is 0.360. The number of carbonyl (C=O) groups excluding carboxylic acids is 1. The van der Waals surface area contributed by atoms with Crippen LogP contribution < -0.4 is 5.73 Å². The molecular weight excluding hydrogens is 150 g/mol. The van der Waals surface area contributed by atoms with E-state index < -0.39 is 5.97 Å². The van der Waals surface area contributed by atoms with Crippen molar-refractivity contribution < 1.29 is 9.53 Å². The number of esters is 1. The fourth-order valence-corrected chi connectivity index (χ4v) is 0.425. The number of hydrogen-bond donors (Lipinski definition) is 2. The van der Waals surface area contributed by atoms with Crippen LogP contribution in [0.2, 0.25) is 0 Å². The van der Waals surface area contributed by atoms with E-state index in [1.54, 1.807) is 13.8 Å². The molecule has 0 rings (SSSR count). The summed E-state index contributed by atoms with van der Waals surface area (Å²) in [5, 5.41) is 0. The predicted octanol–water partition coefficient (Wildman–Crippen LogP) is 0.670. The summed E-state index contributed by atoms with van der Waals surface area (Å²) in [6.07, 6.45) is 0. The zero-order valence-corrected chi connectivity index (χ0v) is 6.94. The maximum absolute atomic E-state index is 10.7. The molecule has 0 spiro atoms. The first-order valence-electron chi connectivity index (χ1n) is 2.92. The van der Waals surface area contributed by atoms with E-state index in [2.05, 4.69) is 17.4 Å². The quantitative estimate of drug-likeness (QED) is 0.355. The molecule has 0 aromatic carbocycles. The molecular formula is C6H11NO2S. The fraction of sp³-hybridized carbons (Fsp3) is 0.500. The Bertz CT molecular complexity index is 161. The van der Waals surface area contributed by atoms with Crippen molar-refractivity contribution >= 4 is 18.6 Å². The highest BCUT2D eigenvalue weighted by Crippen LogP contribution is 2.05. The molecule has 0 aliphatic carbocycles. The molecule has 10 heavy (non-hydrogen) atoms. The summed E-state index contributed by atoms with van der Waals surface area (Å²) in [7, 11) is 0. The van der Waals surface area contributed by atoms with Gasteiger partial charge in [0.15, 0.2) is 0 Å². The van der Waals surface area contributed by atoms with Gasteiger partial charge in [0.05, 0.1) is 6.61 Å². The zero-order chi connectivity index (χ0) is 8.15. The largest absolute Gasteiger partial charge is 0.462 e. The highest BCUT2D eigenvalue weighted by Gasteiger charge is 2.06. The van der Waals surface area contributed by atoms with Gasteiger partial charge in [-0.25, -0.2) is 4.79 Å². The van der Waals surface area contributed by atoms with Crippen LogP contribution in [-0.4, -0.2) is 12.6 Å². The molecule has 0 aliphatic rings. The summed E-state index contributed by atoms with van der Waals surface area (Å²) in [5.74, 6) is -0.467. The highest BCUT2D eigenvalue weighted by atomic mass is 32.1. The number of ether oxygens (including phenoxy) is 1. The van der Waals surface area contributed by atoms with Gasteiger partial charge in [-0.05, 0) is 13.8 Å². The molecule has 0 saturated carbocycles. The molecule has 4 heteroatoms. The summed E-state index contributed by atoms with van der Waals surface area (Å²) < 4.78 is 4.61. The Morgan fingerprint density at radius 1 is 1.70 bits per heavy atom. The van der Waals surface area contributed by atoms with Crippen LogP contribution >= 0.6 is 12.6 Å². The molecule has 2 N–H and O–H groups in total. The number of hydrogen-bond acceptors (Lipinski definition) is 4. The van der Waals surface area contributed by atoms with Crippen LogP contribution in [0.5, 0.6) is 0 Å². The third-order valence-electron chi connectivity index (χ3n) is 0.842. The lowest BCUT2D eigenvalue weighted by Crippen LogP contribution is -2.08. The number of carbonyl (C=O) groups is 1. The number of thiol groups is 1. The van der Waals surface area contributed by atoms with Crippen molar-refractivity contribution in [2.75, 3.05) is 6.61 Å². The normalized spacial score (nSPS) is 12.3. The van der Waals surface area contributed by atoms with Crippen molar-refractivity contribution in [1.82, 2.24) is 0 Å². The standard InChI is InChI=1S/C6H11NO2S/c1-3-9-6(8)5(10)4(2)7/h10H,3,7H2,1-2H3/b5-4-. The topological polar surface area (TPSA) is 52.3 Å². The second-order valence-corrected chi connectivity index (χ2v) is 2.20. The number of rotatable bonds is 2. The van der Waals surface area contributed by atoms with Crippen LogP contribution in [0.1, 0.15) is 13.8 Å². The van der Waals surface area contributed by atoms with E-state index in [1.165, 1.54) is 0 Å². The van der Waals surface area contributed by atoms with Crippen LogP contribution in [0, 0.1) is 0 Å². The summed E-state index contributed by atoms with van der Waals surface area (Å²) in [4.78, 5) is 10.9. The van der Waals surface area contributed by atoms with E-state index in [0.717, 1.165) is 0 Å². The van der Waals surface area contributed by atoms with Gasteiger partial charge >= 0.3 is 5.97 Å². The minimum atomic E-state index is -0.467. The van der Waals surface area contributed by atoms with Crippen molar-refractivity contribution in [1.29, 1.82) is 0 Å². The van der Waals surface area contributed by atoms with Crippen molar-refractivity contribution in [3.8, 4) is 0 Å². The first-order valence-corrected chi connectivity index (χ1v) is 3.36. The molecule has 0 heterocycles. The number of nitrogens with two attached hydrogens (primary N) is 1. The first-order chi connectivity index (χ1) is 4.59. The third kappa shape index (κ3) is 2.77. The molecule has 0 amide bonds. The Morgan fingerprint density at radius 2 is 2.20 bits per heavy atom. The average molecular weight is 161 g/mol. The van der Waals surface area contributed by atoms with Gasteiger partial charge in [0, 0.05) is 5.70 Å². The molecule has 0 bridgehead atoms. The van der Waals surface area contributed by atoms with Crippen molar-refractivity contribution in [3.05, 3.63) is 10.6 Å². The molecule has 0 fully saturated rings. The summed E-state index contributed by atoms with van der Waals surface area (Å²) in [6, 6.07) is 0. The lowest BCUT2D eigenvalue weighted by Gasteiger charge is -2.00. The third-order valence-corrected chi connectivity index (χ3v) is 1.38. The van der Waals surface area contributed by atoms with E-state index in [9.17, 15) is 4.79 Å². The lowest BCUT2D eigenvalue weighted by atomic mass is 10.4. The smallest absolute Gasteiger partial charge is 0.346 e. The van der Waals surface area contributed by atoms with Gasteiger partial charge in [-0.1, -0.05) is 0 Å². The molecule has 0 atom stereocenters. The molecule has 0 aromatic heterocycles. The molecule has 3 nitrogen and oxygen atoms in total. The molecule has 58 valence electrons. The molecule has 0 saturated heterocycles. The maximum Gasteiger partial charge on any atom is 0.346 e. The summed E-state index contributed by atoms with van der Waals surface area (Å²) >= 11 is 3.83. The number of allylic oxidation sites excluding steroid dienone is 1. The van der Waals surface area contributed by atoms with Crippen molar-refractivity contribution in [2.45, 2.75) is 13.8 Å². The Labute approximate surface area is 65.6 Å². The van der Waals surface area contributed by atoms with Gasteiger partial charge in [-0.15, -0.1) is 12.6 Å². The second kappa shape index (κ2) is 4.22. The van der Waals surface area contributed by atoms with Crippen LogP contribution in [0.3, 0.4) is 0 Å². The van der Waals surface area contributed by atoms with E-state index in [4.69, 9.17) is 5.73 Å². The molecule has 0 aromatic rings. The van der Waals surface area contributed by atoms with Crippen LogP contribution in [0.4, 0.5) is 0 Å². The monoisotopic (exact) mass is 161 g/mol. The van der Waals surface area contributed by atoms with Gasteiger partial charge in [0.2, 0.25) is 0 Å². The summed E-state index contributed by atoms with van der Waals surface area (Å²) in [6.45, 7) is 3.67. The minimum absolute atomic E-state index is 0.182. The van der Waals surface area contributed by atoms with Crippen LogP contribution in [0.25, 0.3) is 0 Å². The van der Waals surface area contributed by atoms with E-state index in [0.29, 0.717) is 12.3 Å². The van der Waals surface area contributed by atoms with E-state index >= 15 is 0 Å². The maximum atomic E-state index is 10.7. The van der Waals surface area contributed by atoms with Crippen molar-refractivity contribution in [3.63, 3.8) is 0 Å². The lowest BCUT2D eigenvalue weighted by molar-refractivity contribution is -0.137. The highest BCUT2D eigenvalue weighted by molar-refractivity contribution is 7.85. The van der Waals surface area contributed by atoms with E-state index in [1.807, 2.05) is 0 Å². The van der Waals surface area contributed by atoms with Gasteiger partial charge in [-0.2, -0.15) is 0 Å². The minimum Gasteiger partial charge on any atom is -0.462 e. The first kappa shape index (κ1) is 9.36. The predicted molar refractivity (Wildman–Crippen MR) is 42.5 cm³/mol. The molecule has 0 aliphatic heterocycles. The summed E-state index contributed by atoms with van der Waals surface area (Å²) in [5.41, 5.74) is 5.65. The Morgan fingerprint density at radius 3 is 2.50 bits per heavy atom. The van der Waals surface area contributed by atoms with E-state index in [-0.39, 0.29) is 4.91 Å². The van der Waals surface area contributed by atoms with Gasteiger partial charge in [0.1, 0.15) is 4.91 Å². The SMILES string of the molecule is CCOC(=O)/C(S)=C(\C)N.